The molecule has 0 aromatic heterocycles. The Balaban J connectivity index is 3.27. The van der Waals surface area contributed by atoms with E-state index in [0.717, 1.165) is 6.57 Å². The lowest BCUT2D eigenvalue weighted by molar-refractivity contribution is 0.309. The fraction of sp³-hybridized carbons (Fsp3) is 0.882. The van der Waals surface area contributed by atoms with Crippen LogP contribution in [0.25, 0.3) is 0 Å². The van der Waals surface area contributed by atoms with Crippen LogP contribution >= 0.6 is 15.1 Å². The lowest BCUT2D eigenvalue weighted by Crippen LogP contribution is -2.49. The Kier molecular flexibility index (Phi) is 6.58. The maximum absolute atomic E-state index is 2.79. The van der Waals surface area contributed by atoms with Crippen molar-refractivity contribution in [3.8, 4) is 0 Å². The summed E-state index contributed by atoms with van der Waals surface area (Å²) in [6, 6.07) is 1.26. The van der Waals surface area contributed by atoms with Crippen LogP contribution in [0.3, 0.4) is 0 Å². The number of rotatable bonds is 3. The second kappa shape index (κ2) is 7.03. The quantitative estimate of drug-likeness (QED) is 0.417. The Bertz CT molecular complexity index is 358. The fourth-order valence-corrected chi connectivity index (χ4v) is 14.0. The number of nitrogens with zero attached hydrogens (tertiary/aromatic N) is 1. The van der Waals surface area contributed by atoms with Gasteiger partial charge in [0, 0.05) is 0 Å². The number of allylic oxidation sites excluding steroid dienone is 1. The molecule has 1 heterocycles. The van der Waals surface area contributed by atoms with E-state index in [-0.39, 0.29) is 15.1 Å². The summed E-state index contributed by atoms with van der Waals surface area (Å²) in [4.78, 5) is 2.79. The molecule has 2 unspecified atom stereocenters. The molecule has 1 rings (SSSR count). The lowest BCUT2D eigenvalue weighted by atomic mass is 9.80. The van der Waals surface area contributed by atoms with Crippen molar-refractivity contribution in [1.29, 1.82) is 0 Å². The van der Waals surface area contributed by atoms with Crippen molar-refractivity contribution in [2.45, 2.75) is 98.0 Å². The van der Waals surface area contributed by atoms with Gasteiger partial charge in [-0.15, -0.1) is 0 Å². The third kappa shape index (κ3) is 4.80. The SMILES string of the molecule is CC(C)N(B1CC=CP(C(C)(C)C)P1C(C)(C)C)C(C)C. The number of hydrogen-bond donors (Lipinski definition) is 0. The van der Waals surface area contributed by atoms with Crippen molar-refractivity contribution in [3.63, 3.8) is 0 Å². The van der Waals surface area contributed by atoms with Crippen molar-refractivity contribution in [3.05, 3.63) is 11.9 Å². The molecule has 122 valence electrons. The average Bonchev–Trinajstić information content (AvgIpc) is 2.24. The largest absolute Gasteiger partial charge is 0.333 e. The second-order valence-electron chi connectivity index (χ2n) is 8.77. The maximum atomic E-state index is 2.79. The Morgan fingerprint density at radius 2 is 1.38 bits per heavy atom. The highest BCUT2D eigenvalue weighted by Crippen LogP contribution is 2.83. The van der Waals surface area contributed by atoms with E-state index in [9.17, 15) is 0 Å². The van der Waals surface area contributed by atoms with E-state index in [2.05, 4.69) is 85.9 Å². The van der Waals surface area contributed by atoms with Gasteiger partial charge >= 0.3 is 0 Å². The molecule has 0 N–H and O–H groups in total. The molecule has 1 aliphatic rings. The second-order valence-corrected chi connectivity index (χ2v) is 16.3. The molecule has 0 spiro atoms. The highest BCUT2D eigenvalue weighted by molar-refractivity contribution is 8.44. The Hall–Kier alpha value is 0.625. The van der Waals surface area contributed by atoms with Crippen LogP contribution in [-0.2, 0) is 0 Å². The molecule has 0 bridgehead atoms. The maximum Gasteiger partial charge on any atom is 0.262 e. The normalized spacial score (nSPS) is 24.5. The Morgan fingerprint density at radius 3 is 1.71 bits per heavy atom. The van der Waals surface area contributed by atoms with E-state index in [1.54, 1.807) is 0 Å². The van der Waals surface area contributed by atoms with Gasteiger partial charge in [-0.1, -0.05) is 96.2 Å². The molecule has 0 fully saturated rings. The van der Waals surface area contributed by atoms with Crippen molar-refractivity contribution >= 4 is 21.7 Å². The highest BCUT2D eigenvalue weighted by atomic mass is 32.1. The summed E-state index contributed by atoms with van der Waals surface area (Å²) in [5, 5.41) is 0.842. The van der Waals surface area contributed by atoms with E-state index < -0.39 is 0 Å². The van der Waals surface area contributed by atoms with Crippen LogP contribution in [-0.4, -0.2) is 33.8 Å². The van der Waals surface area contributed by atoms with Gasteiger partial charge in [-0.3, -0.25) is 0 Å². The Morgan fingerprint density at radius 1 is 0.905 bits per heavy atom. The van der Waals surface area contributed by atoms with E-state index in [1.165, 1.54) is 6.32 Å². The Labute approximate surface area is 136 Å². The highest BCUT2D eigenvalue weighted by Gasteiger charge is 2.47. The van der Waals surface area contributed by atoms with E-state index in [4.69, 9.17) is 0 Å². The van der Waals surface area contributed by atoms with E-state index in [1.807, 2.05) is 0 Å². The van der Waals surface area contributed by atoms with Gasteiger partial charge in [0.15, 0.2) is 0 Å². The predicted molar refractivity (Wildman–Crippen MR) is 105 cm³/mol. The van der Waals surface area contributed by atoms with Crippen molar-refractivity contribution in [2.75, 3.05) is 0 Å². The van der Waals surface area contributed by atoms with Crippen LogP contribution in [0.1, 0.15) is 69.2 Å². The first kappa shape index (κ1) is 19.7. The summed E-state index contributed by atoms with van der Waals surface area (Å²) in [6.07, 6.45) is 3.73. The zero-order valence-electron chi connectivity index (χ0n) is 15.9. The molecule has 2 atom stereocenters. The third-order valence-electron chi connectivity index (χ3n) is 4.02. The summed E-state index contributed by atoms with van der Waals surface area (Å²) >= 11 is 0. The molecule has 4 heteroatoms. The van der Waals surface area contributed by atoms with Crippen molar-refractivity contribution in [2.24, 2.45) is 0 Å². The first-order valence-corrected chi connectivity index (χ1v) is 11.9. The monoisotopic (exact) mass is 327 g/mol. The van der Waals surface area contributed by atoms with Gasteiger partial charge in [-0.25, -0.2) is 0 Å². The third-order valence-corrected chi connectivity index (χ3v) is 15.0. The van der Waals surface area contributed by atoms with Crippen LogP contribution in [0.4, 0.5) is 0 Å². The summed E-state index contributed by atoms with van der Waals surface area (Å²) < 4.78 is 0. The molecule has 1 nitrogen and oxygen atoms in total. The smallest absolute Gasteiger partial charge is 0.262 e. The van der Waals surface area contributed by atoms with Gasteiger partial charge in [0.25, 0.3) is 6.57 Å². The van der Waals surface area contributed by atoms with Gasteiger partial charge in [-0.05, 0) is 28.7 Å². The van der Waals surface area contributed by atoms with Gasteiger partial charge in [0.05, 0.1) is 0 Å². The zero-order chi connectivity index (χ0) is 16.6. The summed E-state index contributed by atoms with van der Waals surface area (Å²) in [5.74, 6) is 2.60. The zero-order valence-corrected chi connectivity index (χ0v) is 17.7. The first-order valence-electron chi connectivity index (χ1n) is 8.40. The molecular weight excluding hydrogens is 291 g/mol. The lowest BCUT2D eigenvalue weighted by Gasteiger charge is -2.52. The van der Waals surface area contributed by atoms with E-state index >= 15 is 0 Å². The van der Waals surface area contributed by atoms with Crippen molar-refractivity contribution in [1.82, 2.24) is 4.81 Å². The molecular formula is C17H36BNP2. The van der Waals surface area contributed by atoms with Gasteiger partial charge in [0.2, 0.25) is 0 Å². The van der Waals surface area contributed by atoms with Crippen LogP contribution in [0.2, 0.25) is 6.32 Å². The minimum Gasteiger partial charge on any atom is -0.333 e. The molecule has 1 aliphatic heterocycles. The fourth-order valence-electron chi connectivity index (χ4n) is 3.45. The molecule has 0 radical (unpaired) electrons. The molecule has 0 aliphatic carbocycles. The van der Waals surface area contributed by atoms with Gasteiger partial charge in [-0.2, -0.15) is 0 Å². The van der Waals surface area contributed by atoms with Crippen LogP contribution in [0, 0.1) is 0 Å². The van der Waals surface area contributed by atoms with E-state index in [0.29, 0.717) is 22.4 Å². The standard InChI is InChI=1S/C17H36BNP2/c1-14(2)19(15(3)4)18-12-11-13-20(16(5,6)7)21(18)17(8,9)10/h11,13-15H,12H2,1-10H3. The summed E-state index contributed by atoms with van der Waals surface area (Å²) in [7, 11) is -0.0710. The summed E-state index contributed by atoms with van der Waals surface area (Å²) in [6.45, 7) is 25.0. The number of hydrogen-bond acceptors (Lipinski definition) is 1. The van der Waals surface area contributed by atoms with Crippen molar-refractivity contribution < 1.29 is 0 Å². The average molecular weight is 327 g/mol. The molecule has 0 saturated carbocycles. The molecule has 0 saturated heterocycles. The predicted octanol–water partition coefficient (Wildman–Crippen LogP) is 6.60. The first-order chi connectivity index (χ1) is 9.37. The topological polar surface area (TPSA) is 3.24 Å². The minimum atomic E-state index is -0.0430. The van der Waals surface area contributed by atoms with Gasteiger partial charge in [0.1, 0.15) is 0 Å². The molecule has 0 aromatic rings. The minimum absolute atomic E-state index is 0.0280. The molecule has 0 amide bonds. The molecule has 0 aromatic carbocycles. The molecule has 21 heavy (non-hydrogen) atoms. The van der Waals surface area contributed by atoms with Crippen LogP contribution in [0.5, 0.6) is 0 Å². The summed E-state index contributed by atoms with van der Waals surface area (Å²) in [5.41, 5.74) is 0. The van der Waals surface area contributed by atoms with Crippen LogP contribution in [0.15, 0.2) is 11.9 Å². The van der Waals surface area contributed by atoms with Crippen LogP contribution < -0.4 is 0 Å². The van der Waals surface area contributed by atoms with Gasteiger partial charge < -0.3 is 4.81 Å².